The molecule has 10 rings (SSSR count). The number of hydrogen-bond acceptors (Lipinski definition) is 4. The van der Waals surface area contributed by atoms with Gasteiger partial charge in [0.2, 0.25) is 0 Å². The van der Waals surface area contributed by atoms with Gasteiger partial charge in [-0.25, -0.2) is 0 Å². The highest BCUT2D eigenvalue weighted by Gasteiger charge is 2.28. The molecule has 0 fully saturated rings. The third-order valence-corrected chi connectivity index (χ3v) is 9.04. The summed E-state index contributed by atoms with van der Waals surface area (Å²) in [5.74, 6) is 0. The average Bonchev–Trinajstić information content (AvgIpc) is 3.80. The number of furan rings is 3. The molecule has 0 amide bonds. The molecular formula is C42H25NO3. The minimum atomic E-state index is 0.790. The lowest BCUT2D eigenvalue weighted by Crippen LogP contribution is -2.11. The van der Waals surface area contributed by atoms with Crippen molar-refractivity contribution in [1.29, 1.82) is 0 Å². The standard InChI is InChI=1S/C42H25NO3/c1-2-12-26(13-3-1)27-14-10-15-28(24-27)43(34-20-11-19-31-29-16-4-7-21-35(29)45-41(31)34)40-39-32-18-6-9-23-37(32)44-38(39)25-33-30-17-5-8-22-36(30)46-42(33)40/h1-25H. The third kappa shape index (κ3) is 3.61. The van der Waals surface area contributed by atoms with Crippen LogP contribution in [0, 0.1) is 0 Å². The molecule has 0 radical (unpaired) electrons. The van der Waals surface area contributed by atoms with Gasteiger partial charge in [-0.2, -0.15) is 0 Å². The van der Waals surface area contributed by atoms with Crippen LogP contribution < -0.4 is 4.90 Å². The summed E-state index contributed by atoms with van der Waals surface area (Å²) in [7, 11) is 0. The van der Waals surface area contributed by atoms with Gasteiger partial charge in [-0.1, -0.05) is 109 Å². The molecule has 3 heterocycles. The van der Waals surface area contributed by atoms with E-state index >= 15 is 0 Å². The lowest BCUT2D eigenvalue weighted by atomic mass is 10.0. The van der Waals surface area contributed by atoms with Crippen LogP contribution in [0.5, 0.6) is 0 Å². The van der Waals surface area contributed by atoms with E-state index in [1.165, 1.54) is 0 Å². The van der Waals surface area contributed by atoms with Gasteiger partial charge in [-0.15, -0.1) is 0 Å². The highest BCUT2D eigenvalue weighted by atomic mass is 16.3. The maximum atomic E-state index is 6.81. The van der Waals surface area contributed by atoms with Crippen molar-refractivity contribution < 1.29 is 13.3 Å². The summed E-state index contributed by atoms with van der Waals surface area (Å²) in [5, 5.41) is 6.19. The van der Waals surface area contributed by atoms with Gasteiger partial charge in [0.05, 0.1) is 11.1 Å². The average molecular weight is 592 g/mol. The van der Waals surface area contributed by atoms with E-state index in [0.717, 1.165) is 94.0 Å². The Morgan fingerprint density at radius 1 is 0.370 bits per heavy atom. The lowest BCUT2D eigenvalue weighted by molar-refractivity contribution is 0.663. The first-order valence-electron chi connectivity index (χ1n) is 15.4. The molecule has 0 saturated heterocycles. The van der Waals surface area contributed by atoms with Gasteiger partial charge >= 0.3 is 0 Å². The minimum Gasteiger partial charge on any atom is -0.456 e. The smallest absolute Gasteiger partial charge is 0.160 e. The van der Waals surface area contributed by atoms with Crippen LogP contribution in [0.25, 0.3) is 76.9 Å². The number of rotatable bonds is 4. The lowest BCUT2D eigenvalue weighted by Gasteiger charge is -2.27. The van der Waals surface area contributed by atoms with Crippen molar-refractivity contribution in [2.24, 2.45) is 0 Å². The molecular weight excluding hydrogens is 566 g/mol. The van der Waals surface area contributed by atoms with Crippen molar-refractivity contribution in [2.75, 3.05) is 4.90 Å². The molecule has 7 aromatic carbocycles. The van der Waals surface area contributed by atoms with Gasteiger partial charge in [0, 0.05) is 32.6 Å². The predicted octanol–water partition coefficient (Wildman–Crippen LogP) is 12.5. The molecule has 3 aromatic heterocycles. The fourth-order valence-electron chi connectivity index (χ4n) is 7.01. The summed E-state index contributed by atoms with van der Waals surface area (Å²) in [6, 6.07) is 52.3. The largest absolute Gasteiger partial charge is 0.456 e. The maximum Gasteiger partial charge on any atom is 0.160 e. The van der Waals surface area contributed by atoms with Gasteiger partial charge in [-0.3, -0.25) is 0 Å². The van der Waals surface area contributed by atoms with E-state index in [2.05, 4.69) is 114 Å². The zero-order chi connectivity index (χ0) is 30.2. The van der Waals surface area contributed by atoms with Gasteiger partial charge in [-0.05, 0) is 53.6 Å². The first-order valence-corrected chi connectivity index (χ1v) is 15.4. The molecule has 4 heteroatoms. The third-order valence-electron chi connectivity index (χ3n) is 9.04. The fourth-order valence-corrected chi connectivity index (χ4v) is 7.01. The van der Waals surface area contributed by atoms with E-state index < -0.39 is 0 Å². The minimum absolute atomic E-state index is 0.790. The van der Waals surface area contributed by atoms with Crippen LogP contribution in [0.2, 0.25) is 0 Å². The molecule has 0 aliphatic carbocycles. The number of hydrogen-bond donors (Lipinski definition) is 0. The van der Waals surface area contributed by atoms with Crippen LogP contribution in [-0.2, 0) is 0 Å². The van der Waals surface area contributed by atoms with Crippen molar-refractivity contribution in [1.82, 2.24) is 0 Å². The molecule has 0 aliphatic rings. The van der Waals surface area contributed by atoms with Crippen molar-refractivity contribution in [3.05, 3.63) is 152 Å². The molecule has 216 valence electrons. The molecule has 10 aromatic rings. The number of anilines is 3. The second-order valence-electron chi connectivity index (χ2n) is 11.7. The van der Waals surface area contributed by atoms with Crippen molar-refractivity contribution in [3.8, 4) is 11.1 Å². The Morgan fingerprint density at radius 2 is 0.957 bits per heavy atom. The van der Waals surface area contributed by atoms with Crippen LogP contribution in [0.1, 0.15) is 0 Å². The van der Waals surface area contributed by atoms with Crippen molar-refractivity contribution in [3.63, 3.8) is 0 Å². The van der Waals surface area contributed by atoms with Crippen LogP contribution >= 0.6 is 0 Å². The molecule has 0 spiro atoms. The summed E-state index contributed by atoms with van der Waals surface area (Å²) in [6.45, 7) is 0. The van der Waals surface area contributed by atoms with E-state index in [4.69, 9.17) is 13.3 Å². The molecule has 0 aliphatic heterocycles. The zero-order valence-corrected chi connectivity index (χ0v) is 24.6. The zero-order valence-electron chi connectivity index (χ0n) is 24.6. The summed E-state index contributed by atoms with van der Waals surface area (Å²) in [6.07, 6.45) is 0. The summed E-state index contributed by atoms with van der Waals surface area (Å²) < 4.78 is 20.1. The first kappa shape index (κ1) is 25.1. The van der Waals surface area contributed by atoms with E-state index in [1.807, 2.05) is 42.5 Å². The fraction of sp³-hybridized carbons (Fsp3) is 0. The van der Waals surface area contributed by atoms with Gasteiger partial charge in [0.15, 0.2) is 11.2 Å². The molecule has 0 saturated carbocycles. The Bertz CT molecular complexity index is 2760. The highest BCUT2D eigenvalue weighted by molar-refractivity contribution is 6.25. The van der Waals surface area contributed by atoms with Gasteiger partial charge in [0.1, 0.15) is 28.0 Å². The van der Waals surface area contributed by atoms with Crippen LogP contribution in [0.4, 0.5) is 17.1 Å². The Labute approximate surface area is 263 Å². The van der Waals surface area contributed by atoms with E-state index in [-0.39, 0.29) is 0 Å². The molecule has 4 nitrogen and oxygen atoms in total. The SMILES string of the molecule is c1ccc(-c2cccc(N(c3cccc4c3oc3ccccc34)c3c4oc5ccccc5c4cc4oc5ccccc5c34)c2)cc1. The number of fused-ring (bicyclic) bond motifs is 9. The van der Waals surface area contributed by atoms with E-state index in [0.29, 0.717) is 0 Å². The maximum absolute atomic E-state index is 6.81. The second kappa shape index (κ2) is 9.62. The molecule has 0 unspecified atom stereocenters. The summed E-state index contributed by atoms with van der Waals surface area (Å²) in [4.78, 5) is 2.30. The second-order valence-corrected chi connectivity index (χ2v) is 11.7. The number of para-hydroxylation sites is 4. The molecule has 0 bridgehead atoms. The van der Waals surface area contributed by atoms with Gasteiger partial charge < -0.3 is 18.2 Å². The predicted molar refractivity (Wildman–Crippen MR) is 188 cm³/mol. The van der Waals surface area contributed by atoms with E-state index in [1.54, 1.807) is 0 Å². The Balaban J connectivity index is 1.39. The summed E-state index contributed by atoms with van der Waals surface area (Å²) >= 11 is 0. The Hall–Kier alpha value is -6.26. The Morgan fingerprint density at radius 3 is 1.74 bits per heavy atom. The monoisotopic (exact) mass is 591 g/mol. The normalized spacial score (nSPS) is 11.9. The molecule has 0 atom stereocenters. The van der Waals surface area contributed by atoms with Crippen molar-refractivity contribution in [2.45, 2.75) is 0 Å². The van der Waals surface area contributed by atoms with Gasteiger partial charge in [0.25, 0.3) is 0 Å². The molecule has 46 heavy (non-hydrogen) atoms. The van der Waals surface area contributed by atoms with Crippen LogP contribution in [-0.4, -0.2) is 0 Å². The van der Waals surface area contributed by atoms with Crippen molar-refractivity contribution >= 4 is 82.9 Å². The van der Waals surface area contributed by atoms with Crippen LogP contribution in [0.3, 0.4) is 0 Å². The van der Waals surface area contributed by atoms with Crippen LogP contribution in [0.15, 0.2) is 165 Å². The quantitative estimate of drug-likeness (QED) is 0.204. The number of nitrogens with zero attached hydrogens (tertiary/aromatic N) is 1. The molecule has 0 N–H and O–H groups in total. The topological polar surface area (TPSA) is 42.7 Å². The highest BCUT2D eigenvalue weighted by Crippen LogP contribution is 2.51. The van der Waals surface area contributed by atoms with E-state index in [9.17, 15) is 0 Å². The summed E-state index contributed by atoms with van der Waals surface area (Å²) in [5.41, 5.74) is 9.98. The first-order chi connectivity index (χ1) is 22.8. The Kier molecular flexibility index (Phi) is 5.25. The number of benzene rings is 7.